The lowest BCUT2D eigenvalue weighted by Crippen LogP contribution is -1.98. The standard InChI is InChI=1S/C17H16N2OS/c1-20-16-9-5-4-8-14(16)15-11-21-17(19-15)13-7-3-2-6-12(13)10-18/h2-9,11H,10,18H2,1H3. The average molecular weight is 296 g/mol. The molecule has 0 saturated carbocycles. The third kappa shape index (κ3) is 2.68. The first-order valence-corrected chi connectivity index (χ1v) is 7.58. The molecule has 3 aromatic rings. The normalized spacial score (nSPS) is 10.6. The van der Waals surface area contributed by atoms with E-state index in [1.807, 2.05) is 42.5 Å². The van der Waals surface area contributed by atoms with E-state index in [0.29, 0.717) is 6.54 Å². The van der Waals surface area contributed by atoms with Crippen molar-refractivity contribution in [3.63, 3.8) is 0 Å². The number of hydrogen-bond donors (Lipinski definition) is 1. The zero-order valence-corrected chi connectivity index (χ0v) is 12.6. The van der Waals surface area contributed by atoms with Crippen molar-refractivity contribution in [3.8, 4) is 27.6 Å². The van der Waals surface area contributed by atoms with E-state index < -0.39 is 0 Å². The molecule has 0 aliphatic rings. The minimum absolute atomic E-state index is 0.514. The molecule has 0 saturated heterocycles. The Bertz CT molecular complexity index is 690. The van der Waals surface area contributed by atoms with Crippen molar-refractivity contribution in [1.29, 1.82) is 0 Å². The molecule has 0 bridgehead atoms. The number of methoxy groups -OCH3 is 1. The SMILES string of the molecule is COc1ccccc1-c1csc(-c2ccccc2CN)n1. The molecule has 0 unspecified atom stereocenters. The molecule has 0 aliphatic heterocycles. The molecule has 4 heteroatoms. The van der Waals surface area contributed by atoms with Crippen molar-refractivity contribution in [1.82, 2.24) is 4.98 Å². The molecule has 1 heterocycles. The number of hydrogen-bond acceptors (Lipinski definition) is 4. The second kappa shape index (κ2) is 6.08. The molecule has 1 aromatic heterocycles. The van der Waals surface area contributed by atoms with Gasteiger partial charge in [-0.1, -0.05) is 36.4 Å². The van der Waals surface area contributed by atoms with Crippen LogP contribution in [0.1, 0.15) is 5.56 Å². The second-order valence-electron chi connectivity index (χ2n) is 4.60. The van der Waals surface area contributed by atoms with Gasteiger partial charge in [0.05, 0.1) is 12.8 Å². The Labute approximate surface area is 128 Å². The summed E-state index contributed by atoms with van der Waals surface area (Å²) >= 11 is 1.62. The van der Waals surface area contributed by atoms with Gasteiger partial charge in [-0.2, -0.15) is 0 Å². The van der Waals surface area contributed by atoms with Gasteiger partial charge in [0.1, 0.15) is 10.8 Å². The molecule has 0 atom stereocenters. The third-order valence-electron chi connectivity index (χ3n) is 3.35. The minimum Gasteiger partial charge on any atom is -0.496 e. The number of ether oxygens (including phenoxy) is 1. The van der Waals surface area contributed by atoms with Gasteiger partial charge in [0.25, 0.3) is 0 Å². The average Bonchev–Trinajstić information content (AvgIpc) is 3.04. The maximum atomic E-state index is 5.81. The Kier molecular flexibility index (Phi) is 3.99. The summed E-state index contributed by atoms with van der Waals surface area (Å²) in [6.45, 7) is 0.514. The summed E-state index contributed by atoms with van der Waals surface area (Å²) in [5.74, 6) is 0.835. The summed E-state index contributed by atoms with van der Waals surface area (Å²) in [6, 6.07) is 16.0. The predicted molar refractivity (Wildman–Crippen MR) is 87.4 cm³/mol. The number of aromatic nitrogens is 1. The highest BCUT2D eigenvalue weighted by Gasteiger charge is 2.12. The van der Waals surface area contributed by atoms with Gasteiger partial charge < -0.3 is 10.5 Å². The van der Waals surface area contributed by atoms with E-state index in [1.54, 1.807) is 18.4 Å². The first-order valence-electron chi connectivity index (χ1n) is 6.70. The Morgan fingerprint density at radius 1 is 1.05 bits per heavy atom. The van der Waals surface area contributed by atoms with E-state index in [-0.39, 0.29) is 0 Å². The summed E-state index contributed by atoms with van der Waals surface area (Å²) in [5, 5.41) is 3.04. The summed E-state index contributed by atoms with van der Waals surface area (Å²) in [5.41, 5.74) is 9.96. The molecule has 3 nitrogen and oxygen atoms in total. The lowest BCUT2D eigenvalue weighted by atomic mass is 10.1. The monoisotopic (exact) mass is 296 g/mol. The molecule has 0 amide bonds. The minimum atomic E-state index is 0.514. The molecule has 2 N–H and O–H groups in total. The summed E-state index contributed by atoms with van der Waals surface area (Å²) < 4.78 is 5.40. The quantitative estimate of drug-likeness (QED) is 0.793. The van der Waals surface area contributed by atoms with Gasteiger partial charge in [-0.25, -0.2) is 4.98 Å². The fourth-order valence-electron chi connectivity index (χ4n) is 2.28. The van der Waals surface area contributed by atoms with Crippen LogP contribution in [0.25, 0.3) is 21.8 Å². The molecule has 2 aromatic carbocycles. The van der Waals surface area contributed by atoms with Gasteiger partial charge in [-0.05, 0) is 17.7 Å². The van der Waals surface area contributed by atoms with Gasteiger partial charge in [0.2, 0.25) is 0 Å². The Balaban J connectivity index is 2.04. The van der Waals surface area contributed by atoms with Crippen LogP contribution in [-0.2, 0) is 6.54 Å². The van der Waals surface area contributed by atoms with Crippen molar-refractivity contribution in [2.45, 2.75) is 6.54 Å². The van der Waals surface area contributed by atoms with Crippen LogP contribution in [0.4, 0.5) is 0 Å². The van der Waals surface area contributed by atoms with Gasteiger partial charge in [0.15, 0.2) is 0 Å². The smallest absolute Gasteiger partial charge is 0.128 e. The Morgan fingerprint density at radius 2 is 1.76 bits per heavy atom. The molecule has 0 aliphatic carbocycles. The van der Waals surface area contributed by atoms with E-state index in [0.717, 1.165) is 33.1 Å². The van der Waals surface area contributed by atoms with Gasteiger partial charge in [0, 0.05) is 23.1 Å². The van der Waals surface area contributed by atoms with Gasteiger partial charge >= 0.3 is 0 Å². The van der Waals surface area contributed by atoms with Gasteiger partial charge in [-0.15, -0.1) is 11.3 Å². The Morgan fingerprint density at radius 3 is 2.52 bits per heavy atom. The van der Waals surface area contributed by atoms with E-state index >= 15 is 0 Å². The number of nitrogens with zero attached hydrogens (tertiary/aromatic N) is 1. The molecule has 0 spiro atoms. The van der Waals surface area contributed by atoms with Crippen molar-refractivity contribution >= 4 is 11.3 Å². The third-order valence-corrected chi connectivity index (χ3v) is 4.23. The van der Waals surface area contributed by atoms with Crippen LogP contribution in [0.3, 0.4) is 0 Å². The number of nitrogens with two attached hydrogens (primary N) is 1. The molecular weight excluding hydrogens is 280 g/mol. The van der Waals surface area contributed by atoms with E-state index in [4.69, 9.17) is 15.5 Å². The largest absolute Gasteiger partial charge is 0.496 e. The number of thiazole rings is 1. The van der Waals surface area contributed by atoms with Crippen molar-refractivity contribution in [3.05, 3.63) is 59.5 Å². The maximum absolute atomic E-state index is 5.81. The van der Waals surface area contributed by atoms with Crippen molar-refractivity contribution < 1.29 is 4.74 Å². The van der Waals surface area contributed by atoms with Gasteiger partial charge in [-0.3, -0.25) is 0 Å². The molecule has 0 fully saturated rings. The molecule has 106 valence electrons. The fraction of sp³-hybridized carbons (Fsp3) is 0.118. The predicted octanol–water partition coefficient (Wildman–Crippen LogP) is 3.94. The zero-order valence-electron chi connectivity index (χ0n) is 11.7. The summed E-state index contributed by atoms with van der Waals surface area (Å²) in [6.07, 6.45) is 0. The second-order valence-corrected chi connectivity index (χ2v) is 5.46. The van der Waals surface area contributed by atoms with Crippen LogP contribution >= 0.6 is 11.3 Å². The topological polar surface area (TPSA) is 48.1 Å². The molecule has 0 radical (unpaired) electrons. The zero-order chi connectivity index (χ0) is 14.7. The van der Waals surface area contributed by atoms with Crippen LogP contribution in [0.15, 0.2) is 53.9 Å². The summed E-state index contributed by atoms with van der Waals surface area (Å²) in [7, 11) is 1.68. The van der Waals surface area contributed by atoms with Crippen LogP contribution in [-0.4, -0.2) is 12.1 Å². The first kappa shape index (κ1) is 13.8. The van der Waals surface area contributed by atoms with Crippen molar-refractivity contribution in [2.75, 3.05) is 7.11 Å². The Hall–Kier alpha value is -2.17. The molecule has 21 heavy (non-hydrogen) atoms. The number of rotatable bonds is 4. The lowest BCUT2D eigenvalue weighted by Gasteiger charge is -2.05. The highest BCUT2D eigenvalue weighted by atomic mass is 32.1. The van der Waals surface area contributed by atoms with E-state index in [9.17, 15) is 0 Å². The summed E-state index contributed by atoms with van der Waals surface area (Å²) in [4.78, 5) is 4.75. The van der Waals surface area contributed by atoms with Crippen LogP contribution in [0.2, 0.25) is 0 Å². The molecule has 3 rings (SSSR count). The van der Waals surface area contributed by atoms with E-state index in [2.05, 4.69) is 11.4 Å². The maximum Gasteiger partial charge on any atom is 0.128 e. The molecular formula is C17H16N2OS. The highest BCUT2D eigenvalue weighted by molar-refractivity contribution is 7.13. The number of para-hydroxylation sites is 1. The fourth-order valence-corrected chi connectivity index (χ4v) is 3.16. The highest BCUT2D eigenvalue weighted by Crippen LogP contribution is 2.34. The number of benzene rings is 2. The van der Waals surface area contributed by atoms with Crippen LogP contribution in [0.5, 0.6) is 5.75 Å². The van der Waals surface area contributed by atoms with Crippen molar-refractivity contribution in [2.24, 2.45) is 5.73 Å². The lowest BCUT2D eigenvalue weighted by molar-refractivity contribution is 0.416. The van der Waals surface area contributed by atoms with E-state index in [1.165, 1.54) is 0 Å². The van der Waals surface area contributed by atoms with Crippen LogP contribution < -0.4 is 10.5 Å². The van der Waals surface area contributed by atoms with Crippen LogP contribution in [0, 0.1) is 0 Å². The first-order chi connectivity index (χ1) is 10.3.